The first-order valence-corrected chi connectivity index (χ1v) is 10.1. The topological polar surface area (TPSA) is 66.5 Å². The minimum atomic E-state index is -0.00126. The van der Waals surface area contributed by atoms with Gasteiger partial charge in [-0.1, -0.05) is 0 Å². The molecule has 0 atom stereocenters. The number of nitrogens with zero attached hydrogens (tertiary/aromatic N) is 1. The van der Waals surface area contributed by atoms with Crippen molar-refractivity contribution in [2.75, 3.05) is 55.7 Å². The Hall–Kier alpha value is -3.45. The van der Waals surface area contributed by atoms with Crippen LogP contribution in [0.15, 0.2) is 41.5 Å². The average molecular weight is 440 g/mol. The molecule has 0 amide bonds. The molecule has 0 bridgehead atoms. The van der Waals surface area contributed by atoms with Crippen LogP contribution in [-0.4, -0.2) is 66.4 Å². The number of Topliss-reactive ketones (excluding diaryl/α,β-unsaturated/α-hetero) is 1. The number of hydrogen-bond donors (Lipinski definition) is 0. The Kier molecular flexibility index (Phi) is 7.43. The predicted molar refractivity (Wildman–Crippen MR) is 124 cm³/mol. The van der Waals surface area contributed by atoms with E-state index < -0.39 is 0 Å². The number of carbonyl (C=O) groups excluding carboxylic acids is 1. The number of benzene rings is 2. The van der Waals surface area contributed by atoms with Crippen LogP contribution in [0.2, 0.25) is 0 Å². The summed E-state index contributed by atoms with van der Waals surface area (Å²) in [5, 5.41) is 0. The zero-order valence-electron chi connectivity index (χ0n) is 19.4. The van der Waals surface area contributed by atoms with Gasteiger partial charge in [0.1, 0.15) is 11.5 Å². The van der Waals surface area contributed by atoms with Gasteiger partial charge in [0.2, 0.25) is 5.75 Å². The lowest BCUT2D eigenvalue weighted by Crippen LogP contribution is -2.34. The summed E-state index contributed by atoms with van der Waals surface area (Å²) in [6.07, 6.45) is 3.74. The van der Waals surface area contributed by atoms with Gasteiger partial charge in [0.25, 0.3) is 0 Å². The van der Waals surface area contributed by atoms with Crippen LogP contribution in [0.1, 0.15) is 11.1 Å². The third-order valence-corrected chi connectivity index (χ3v) is 5.21. The number of likely N-dealkylation sites (tertiary alicyclic amines) is 1. The van der Waals surface area contributed by atoms with Crippen molar-refractivity contribution in [3.8, 4) is 28.7 Å². The summed E-state index contributed by atoms with van der Waals surface area (Å²) in [6.45, 7) is 1.08. The Morgan fingerprint density at radius 3 is 1.56 bits per heavy atom. The molecular weight excluding hydrogens is 410 g/mol. The zero-order valence-corrected chi connectivity index (χ0v) is 19.4. The van der Waals surface area contributed by atoms with Crippen LogP contribution in [0.4, 0.5) is 0 Å². The van der Waals surface area contributed by atoms with Gasteiger partial charge in [-0.2, -0.15) is 0 Å². The Bertz CT molecular complexity index is 1010. The number of carbonyl (C=O) groups is 1. The zero-order chi connectivity index (χ0) is 23.3. The van der Waals surface area contributed by atoms with Crippen molar-refractivity contribution in [3.63, 3.8) is 0 Å². The quantitative estimate of drug-likeness (QED) is 0.609. The number of hydrogen-bond acceptors (Lipinski definition) is 7. The summed E-state index contributed by atoms with van der Waals surface area (Å²) in [5.41, 5.74) is 2.99. The summed E-state index contributed by atoms with van der Waals surface area (Å²) < 4.78 is 27.0. The van der Waals surface area contributed by atoms with E-state index in [-0.39, 0.29) is 5.78 Å². The van der Waals surface area contributed by atoms with E-state index in [2.05, 4.69) is 4.90 Å². The van der Waals surface area contributed by atoms with Crippen LogP contribution in [0, 0.1) is 0 Å². The second-order valence-corrected chi connectivity index (χ2v) is 7.45. The van der Waals surface area contributed by atoms with Crippen molar-refractivity contribution < 1.29 is 28.5 Å². The van der Waals surface area contributed by atoms with Crippen LogP contribution < -0.4 is 23.7 Å². The molecule has 0 spiro atoms. The summed E-state index contributed by atoms with van der Waals surface area (Å²) in [6, 6.07) is 9.20. The van der Waals surface area contributed by atoms with Gasteiger partial charge in [-0.25, -0.2) is 0 Å². The molecule has 0 unspecified atom stereocenters. The van der Waals surface area contributed by atoms with Crippen molar-refractivity contribution in [3.05, 3.63) is 52.6 Å². The highest BCUT2D eigenvalue weighted by atomic mass is 16.5. The highest BCUT2D eigenvalue weighted by Crippen LogP contribution is 2.39. The Balaban J connectivity index is 2.01. The highest BCUT2D eigenvalue weighted by molar-refractivity contribution is 6.14. The van der Waals surface area contributed by atoms with Gasteiger partial charge in [-0.15, -0.1) is 0 Å². The molecule has 7 heteroatoms. The molecule has 2 aromatic rings. The van der Waals surface area contributed by atoms with Crippen molar-refractivity contribution >= 4 is 17.9 Å². The molecule has 1 aliphatic rings. The van der Waals surface area contributed by atoms with E-state index in [0.717, 1.165) is 11.1 Å². The van der Waals surface area contributed by atoms with Crippen molar-refractivity contribution in [1.82, 2.24) is 4.90 Å². The second-order valence-electron chi connectivity index (χ2n) is 7.45. The normalized spacial score (nSPS) is 16.9. The van der Waals surface area contributed by atoms with Gasteiger partial charge in [0.15, 0.2) is 17.3 Å². The molecule has 1 fully saturated rings. The van der Waals surface area contributed by atoms with Gasteiger partial charge in [0.05, 0.1) is 35.5 Å². The molecule has 1 aliphatic heterocycles. The molecule has 7 nitrogen and oxygen atoms in total. The molecule has 0 aliphatic carbocycles. The maximum atomic E-state index is 13.3. The van der Waals surface area contributed by atoms with Crippen LogP contribution in [0.3, 0.4) is 0 Å². The smallest absolute Gasteiger partial charge is 0.203 e. The molecule has 0 radical (unpaired) electrons. The number of piperidine rings is 1. The largest absolute Gasteiger partial charge is 0.497 e. The maximum absolute atomic E-state index is 13.3. The van der Waals surface area contributed by atoms with Crippen LogP contribution in [0.25, 0.3) is 12.2 Å². The first kappa shape index (κ1) is 23.2. The number of methoxy groups -OCH3 is 5. The minimum absolute atomic E-state index is 0.00126. The van der Waals surface area contributed by atoms with Gasteiger partial charge in [-0.05, 0) is 54.6 Å². The number of ketones is 1. The van der Waals surface area contributed by atoms with E-state index in [1.165, 1.54) is 0 Å². The Labute approximate surface area is 188 Å². The van der Waals surface area contributed by atoms with E-state index in [0.29, 0.717) is 53.0 Å². The Morgan fingerprint density at radius 2 is 1.16 bits per heavy atom. The number of rotatable bonds is 7. The van der Waals surface area contributed by atoms with Crippen molar-refractivity contribution in [2.24, 2.45) is 0 Å². The van der Waals surface area contributed by atoms with Gasteiger partial charge in [0, 0.05) is 30.3 Å². The molecule has 0 saturated carbocycles. The summed E-state index contributed by atoms with van der Waals surface area (Å²) in [4.78, 5) is 15.4. The van der Waals surface area contributed by atoms with Gasteiger partial charge >= 0.3 is 0 Å². The molecule has 2 aromatic carbocycles. The lowest BCUT2D eigenvalue weighted by Gasteiger charge is -2.26. The SMILES string of the molecule is COc1cc(/C=C2\CN(C)C/C(=C\c3cc(OC)c(OC)c(OC)c3)C2=O)cc(OC)c1. The fourth-order valence-corrected chi connectivity index (χ4v) is 3.71. The Morgan fingerprint density at radius 1 is 0.688 bits per heavy atom. The lowest BCUT2D eigenvalue weighted by molar-refractivity contribution is -0.113. The summed E-state index contributed by atoms with van der Waals surface area (Å²) in [7, 11) is 9.87. The fraction of sp³-hybridized carbons (Fsp3) is 0.320. The lowest BCUT2D eigenvalue weighted by atomic mass is 9.94. The number of likely N-dealkylation sites (N-methyl/N-ethyl adjacent to an activating group) is 1. The maximum Gasteiger partial charge on any atom is 0.203 e. The van der Waals surface area contributed by atoms with Crippen molar-refractivity contribution in [1.29, 1.82) is 0 Å². The molecular formula is C25H29NO6. The molecule has 1 heterocycles. The van der Waals surface area contributed by atoms with Gasteiger partial charge in [-0.3, -0.25) is 9.69 Å². The van der Waals surface area contributed by atoms with Crippen molar-refractivity contribution in [2.45, 2.75) is 0 Å². The van der Waals surface area contributed by atoms with Crippen LogP contribution in [-0.2, 0) is 4.79 Å². The summed E-state index contributed by atoms with van der Waals surface area (Å²) >= 11 is 0. The molecule has 32 heavy (non-hydrogen) atoms. The first-order chi connectivity index (χ1) is 15.4. The molecule has 170 valence electrons. The highest BCUT2D eigenvalue weighted by Gasteiger charge is 2.24. The van der Waals surface area contributed by atoms with E-state index in [9.17, 15) is 4.79 Å². The van der Waals surface area contributed by atoms with E-state index in [1.54, 1.807) is 41.6 Å². The van der Waals surface area contributed by atoms with E-state index in [1.807, 2.05) is 43.5 Å². The molecule has 3 rings (SSSR count). The predicted octanol–water partition coefficient (Wildman–Crippen LogP) is 3.71. The molecule has 1 saturated heterocycles. The van der Waals surface area contributed by atoms with Gasteiger partial charge < -0.3 is 23.7 Å². The molecule has 0 aromatic heterocycles. The van der Waals surface area contributed by atoms with Crippen LogP contribution >= 0.6 is 0 Å². The standard InChI is InChI=1S/C25H29NO6/c1-26-14-18(7-16-9-20(28-2)13-21(10-16)29-3)24(27)19(15-26)8-17-11-22(30-4)25(32-6)23(12-17)31-5/h7-13H,14-15H2,1-6H3/b18-7+,19-8+. The third-order valence-electron chi connectivity index (χ3n) is 5.21. The average Bonchev–Trinajstić information content (AvgIpc) is 2.80. The molecule has 0 N–H and O–H groups in total. The van der Waals surface area contributed by atoms with E-state index >= 15 is 0 Å². The minimum Gasteiger partial charge on any atom is -0.497 e. The second kappa shape index (κ2) is 10.2. The number of ether oxygens (including phenoxy) is 5. The fourth-order valence-electron chi connectivity index (χ4n) is 3.71. The monoisotopic (exact) mass is 439 g/mol. The first-order valence-electron chi connectivity index (χ1n) is 10.1. The third kappa shape index (κ3) is 5.06. The van der Waals surface area contributed by atoms with Crippen LogP contribution in [0.5, 0.6) is 28.7 Å². The summed E-state index contributed by atoms with van der Waals surface area (Å²) in [5.74, 6) is 2.92. The van der Waals surface area contributed by atoms with E-state index in [4.69, 9.17) is 23.7 Å².